The molecule has 3 amide bonds. The van der Waals surface area contributed by atoms with Gasteiger partial charge < -0.3 is 15.0 Å². The highest BCUT2D eigenvalue weighted by atomic mass is 35.5. The molecular weight excluding hydrogens is 479 g/mol. The van der Waals surface area contributed by atoms with Crippen LogP contribution in [0.3, 0.4) is 0 Å². The maximum absolute atomic E-state index is 13.1. The maximum atomic E-state index is 13.1. The Morgan fingerprint density at radius 3 is 2.47 bits per heavy atom. The molecule has 1 unspecified atom stereocenters. The number of piperazine rings is 1. The summed E-state index contributed by atoms with van der Waals surface area (Å²) in [5.41, 5.74) is 1.43. The Balaban J connectivity index is 1.61. The smallest absolute Gasteiger partial charge is 0.338 e. The summed E-state index contributed by atoms with van der Waals surface area (Å²) in [6.45, 7) is 4.91. The Hall–Kier alpha value is -2.29. The summed E-state index contributed by atoms with van der Waals surface area (Å²) in [6.07, 6.45) is 3.11. The molecule has 1 aromatic carbocycles. The average molecular weight is 509 g/mol. The second-order valence-corrected chi connectivity index (χ2v) is 9.68. The third kappa shape index (κ3) is 4.90. The van der Waals surface area contributed by atoms with Gasteiger partial charge in [-0.05, 0) is 31.4 Å². The number of urea groups is 1. The Morgan fingerprint density at radius 2 is 1.85 bits per heavy atom. The lowest BCUT2D eigenvalue weighted by Gasteiger charge is -2.41. The van der Waals surface area contributed by atoms with E-state index in [0.29, 0.717) is 54.6 Å². The van der Waals surface area contributed by atoms with Gasteiger partial charge in [0.15, 0.2) is 0 Å². The quantitative estimate of drug-likeness (QED) is 0.595. The molecular formula is C24H30Cl2N4O4. The molecule has 184 valence electrons. The van der Waals surface area contributed by atoms with Gasteiger partial charge in [-0.2, -0.15) is 0 Å². The van der Waals surface area contributed by atoms with E-state index in [4.69, 9.17) is 27.9 Å². The molecule has 0 aromatic heterocycles. The zero-order chi connectivity index (χ0) is 24.4. The summed E-state index contributed by atoms with van der Waals surface area (Å²) >= 11 is 12.7. The summed E-state index contributed by atoms with van der Waals surface area (Å²) in [5, 5.41) is 3.49. The molecule has 2 aliphatic heterocycles. The number of rotatable bonds is 6. The van der Waals surface area contributed by atoms with Crippen molar-refractivity contribution in [3.8, 4) is 0 Å². The molecule has 1 atom stereocenters. The van der Waals surface area contributed by atoms with Gasteiger partial charge >= 0.3 is 12.0 Å². The number of hydrogen-bond donors (Lipinski definition) is 1. The van der Waals surface area contributed by atoms with E-state index in [-0.39, 0.29) is 29.5 Å². The van der Waals surface area contributed by atoms with Crippen molar-refractivity contribution in [3.63, 3.8) is 0 Å². The minimum absolute atomic E-state index is 0.182. The Kier molecular flexibility index (Phi) is 7.70. The van der Waals surface area contributed by atoms with Gasteiger partial charge in [0.2, 0.25) is 5.91 Å². The fraction of sp³-hybridized carbons (Fsp3) is 0.542. The van der Waals surface area contributed by atoms with Crippen molar-refractivity contribution in [2.24, 2.45) is 5.92 Å². The van der Waals surface area contributed by atoms with E-state index in [2.05, 4.69) is 10.2 Å². The van der Waals surface area contributed by atoms with Gasteiger partial charge in [0.25, 0.3) is 0 Å². The molecule has 0 spiro atoms. The highest BCUT2D eigenvalue weighted by molar-refractivity contribution is 6.42. The molecule has 0 bridgehead atoms. The van der Waals surface area contributed by atoms with Crippen LogP contribution in [0.1, 0.15) is 37.8 Å². The molecule has 1 saturated carbocycles. The van der Waals surface area contributed by atoms with Crippen LogP contribution in [0, 0.1) is 5.92 Å². The molecule has 10 heteroatoms. The number of amides is 3. The van der Waals surface area contributed by atoms with E-state index in [1.807, 2.05) is 4.90 Å². The molecule has 4 rings (SSSR count). The number of nitrogens with zero attached hydrogens (tertiary/aromatic N) is 3. The molecule has 3 aliphatic rings. The molecule has 1 saturated heterocycles. The SMILES string of the molecule is CCOC(=O)C1=C(CN2CCN(C(=O)C3CCC3)CC2)N(C)C(=O)NC1c1cccc(Cl)c1Cl. The van der Waals surface area contributed by atoms with Gasteiger partial charge in [0.05, 0.1) is 28.3 Å². The largest absolute Gasteiger partial charge is 0.463 e. The highest BCUT2D eigenvalue weighted by Crippen LogP contribution is 2.37. The minimum Gasteiger partial charge on any atom is -0.463 e. The van der Waals surface area contributed by atoms with E-state index in [0.717, 1.165) is 19.3 Å². The van der Waals surface area contributed by atoms with Crippen molar-refractivity contribution in [1.29, 1.82) is 0 Å². The number of esters is 1. The first-order chi connectivity index (χ1) is 16.3. The van der Waals surface area contributed by atoms with E-state index in [1.165, 1.54) is 4.90 Å². The standard InChI is InChI=1S/C24H30Cl2N4O4/c1-3-34-23(32)19-18(14-29-10-12-30(13-11-29)22(31)15-6-4-7-15)28(2)24(33)27-21(19)16-8-5-9-17(25)20(16)26/h5,8-9,15,21H,3-4,6-7,10-14H2,1-2H3,(H,27,33). The van der Waals surface area contributed by atoms with E-state index in [1.54, 1.807) is 32.2 Å². The predicted molar refractivity (Wildman–Crippen MR) is 130 cm³/mol. The monoisotopic (exact) mass is 508 g/mol. The molecule has 8 nitrogen and oxygen atoms in total. The number of ether oxygens (including phenoxy) is 1. The Labute approximate surface area is 209 Å². The Morgan fingerprint density at radius 1 is 1.15 bits per heavy atom. The first-order valence-corrected chi connectivity index (χ1v) is 12.5. The topological polar surface area (TPSA) is 82.2 Å². The van der Waals surface area contributed by atoms with Crippen molar-refractivity contribution >= 4 is 41.1 Å². The minimum atomic E-state index is -0.787. The van der Waals surface area contributed by atoms with Crippen LogP contribution in [0.5, 0.6) is 0 Å². The second kappa shape index (κ2) is 10.5. The van der Waals surface area contributed by atoms with Crippen molar-refractivity contribution < 1.29 is 19.1 Å². The number of carbonyl (C=O) groups is 3. The van der Waals surface area contributed by atoms with Gasteiger partial charge in [0.1, 0.15) is 0 Å². The van der Waals surface area contributed by atoms with Crippen LogP contribution < -0.4 is 5.32 Å². The van der Waals surface area contributed by atoms with Crippen molar-refractivity contribution in [2.75, 3.05) is 46.4 Å². The van der Waals surface area contributed by atoms with Gasteiger partial charge in [-0.3, -0.25) is 14.6 Å². The molecule has 2 fully saturated rings. The van der Waals surface area contributed by atoms with Crippen LogP contribution in [0.4, 0.5) is 4.79 Å². The van der Waals surface area contributed by atoms with Crippen LogP contribution in [0.2, 0.25) is 10.0 Å². The lowest BCUT2D eigenvalue weighted by atomic mass is 9.84. The summed E-state index contributed by atoms with van der Waals surface area (Å²) in [6, 6.07) is 4.00. The lowest BCUT2D eigenvalue weighted by molar-refractivity contribution is -0.140. The predicted octanol–water partition coefficient (Wildman–Crippen LogP) is 3.45. The first kappa shape index (κ1) is 24.8. The highest BCUT2D eigenvalue weighted by Gasteiger charge is 2.39. The average Bonchev–Trinajstić information content (AvgIpc) is 2.78. The number of carbonyl (C=O) groups excluding carboxylic acids is 3. The van der Waals surface area contributed by atoms with Gasteiger partial charge in [0, 0.05) is 51.4 Å². The summed E-state index contributed by atoms with van der Waals surface area (Å²) in [5.74, 6) is -0.0765. The van der Waals surface area contributed by atoms with Gasteiger partial charge in [-0.25, -0.2) is 9.59 Å². The first-order valence-electron chi connectivity index (χ1n) is 11.7. The van der Waals surface area contributed by atoms with Crippen LogP contribution >= 0.6 is 23.2 Å². The second-order valence-electron chi connectivity index (χ2n) is 8.89. The van der Waals surface area contributed by atoms with E-state index < -0.39 is 12.0 Å². The third-order valence-electron chi connectivity index (χ3n) is 6.88. The fourth-order valence-corrected chi connectivity index (χ4v) is 5.04. The zero-order valence-electron chi connectivity index (χ0n) is 19.5. The van der Waals surface area contributed by atoms with Crippen LogP contribution in [0.25, 0.3) is 0 Å². The lowest BCUT2D eigenvalue weighted by Crippen LogP contribution is -2.54. The molecule has 1 N–H and O–H groups in total. The van der Waals surface area contributed by atoms with Crippen LogP contribution in [-0.2, 0) is 14.3 Å². The molecule has 0 radical (unpaired) electrons. The zero-order valence-corrected chi connectivity index (χ0v) is 21.0. The van der Waals surface area contributed by atoms with E-state index in [9.17, 15) is 14.4 Å². The fourth-order valence-electron chi connectivity index (χ4n) is 4.63. The van der Waals surface area contributed by atoms with Crippen molar-refractivity contribution in [3.05, 3.63) is 45.1 Å². The van der Waals surface area contributed by atoms with Crippen LogP contribution in [-0.4, -0.2) is 79.0 Å². The number of benzene rings is 1. The molecule has 1 aromatic rings. The summed E-state index contributed by atoms with van der Waals surface area (Å²) < 4.78 is 5.38. The van der Waals surface area contributed by atoms with Crippen LogP contribution in [0.15, 0.2) is 29.5 Å². The number of likely N-dealkylation sites (N-methyl/N-ethyl adjacent to an activating group) is 1. The van der Waals surface area contributed by atoms with Gasteiger partial charge in [-0.15, -0.1) is 0 Å². The molecule has 1 aliphatic carbocycles. The summed E-state index contributed by atoms with van der Waals surface area (Å²) in [7, 11) is 1.63. The van der Waals surface area contributed by atoms with E-state index >= 15 is 0 Å². The van der Waals surface area contributed by atoms with Crippen molar-refractivity contribution in [2.45, 2.75) is 32.2 Å². The third-order valence-corrected chi connectivity index (χ3v) is 7.71. The number of halogens is 2. The van der Waals surface area contributed by atoms with Crippen molar-refractivity contribution in [1.82, 2.24) is 20.0 Å². The Bertz CT molecular complexity index is 1000. The number of nitrogens with one attached hydrogen (secondary N) is 1. The molecule has 2 heterocycles. The maximum Gasteiger partial charge on any atom is 0.338 e. The summed E-state index contributed by atoms with van der Waals surface area (Å²) in [4.78, 5) is 44.2. The van der Waals surface area contributed by atoms with Gasteiger partial charge in [-0.1, -0.05) is 41.8 Å². The normalized spacial score (nSPS) is 21.9. The molecule has 34 heavy (non-hydrogen) atoms. The number of hydrogen-bond acceptors (Lipinski definition) is 5.